The number of aromatic nitrogens is 2. The largest absolute Gasteiger partial charge is 0.356 e. The normalized spacial score (nSPS) is 17.8. The van der Waals surface area contributed by atoms with E-state index in [4.69, 9.17) is 0 Å². The molecule has 1 amide bonds. The quantitative estimate of drug-likeness (QED) is 0.589. The van der Waals surface area contributed by atoms with Crippen molar-refractivity contribution in [3.8, 4) is 0 Å². The first-order chi connectivity index (χ1) is 14.5. The Bertz CT molecular complexity index is 1110. The average molecular weight is 427 g/mol. The number of imidazole rings is 1. The van der Waals surface area contributed by atoms with E-state index in [-0.39, 0.29) is 23.3 Å². The summed E-state index contributed by atoms with van der Waals surface area (Å²) in [6.07, 6.45) is 7.55. The zero-order valence-electron chi connectivity index (χ0n) is 16.8. The number of sulfonamides is 1. The second kappa shape index (κ2) is 8.97. The fraction of sp³-hybridized carbons (Fsp3) is 0.364. The van der Waals surface area contributed by atoms with Crippen LogP contribution < -0.4 is 5.32 Å². The molecule has 8 heteroatoms. The van der Waals surface area contributed by atoms with Crippen molar-refractivity contribution in [3.05, 3.63) is 61.2 Å². The SMILES string of the molecule is O=C(NCCCn1ccnc1)[C@@H]1CCCN(S(=O)(=O)c2ccc3ccccc3c2)C1. The van der Waals surface area contributed by atoms with Crippen molar-refractivity contribution in [1.82, 2.24) is 19.2 Å². The van der Waals surface area contributed by atoms with Gasteiger partial charge in [-0.15, -0.1) is 0 Å². The van der Waals surface area contributed by atoms with Crippen LogP contribution in [0.1, 0.15) is 19.3 Å². The Morgan fingerprint density at radius 2 is 2.00 bits per heavy atom. The van der Waals surface area contributed by atoms with Crippen molar-refractivity contribution in [3.63, 3.8) is 0 Å². The van der Waals surface area contributed by atoms with Gasteiger partial charge in [-0.1, -0.05) is 30.3 Å². The maximum atomic E-state index is 13.2. The lowest BCUT2D eigenvalue weighted by atomic mass is 9.99. The molecule has 0 spiro atoms. The van der Waals surface area contributed by atoms with E-state index in [2.05, 4.69) is 10.3 Å². The monoisotopic (exact) mass is 426 g/mol. The van der Waals surface area contributed by atoms with E-state index in [1.54, 1.807) is 24.7 Å². The van der Waals surface area contributed by atoms with Crippen molar-refractivity contribution < 1.29 is 13.2 Å². The third-order valence-corrected chi connectivity index (χ3v) is 7.43. The number of hydrogen-bond acceptors (Lipinski definition) is 4. The summed E-state index contributed by atoms with van der Waals surface area (Å²) in [5.74, 6) is -0.388. The predicted molar refractivity (Wildman–Crippen MR) is 115 cm³/mol. The summed E-state index contributed by atoms with van der Waals surface area (Å²) in [4.78, 5) is 16.9. The molecule has 1 N–H and O–H groups in total. The van der Waals surface area contributed by atoms with Crippen molar-refractivity contribution >= 4 is 26.7 Å². The summed E-state index contributed by atoms with van der Waals surface area (Å²) in [5, 5.41) is 4.85. The number of aryl methyl sites for hydroxylation is 1. The Labute approximate surface area is 176 Å². The molecule has 2 aromatic carbocycles. The van der Waals surface area contributed by atoms with Crippen LogP contribution in [-0.4, -0.2) is 47.8 Å². The van der Waals surface area contributed by atoms with Gasteiger partial charge in [-0.2, -0.15) is 4.31 Å². The van der Waals surface area contributed by atoms with Crippen LogP contribution in [0.3, 0.4) is 0 Å². The van der Waals surface area contributed by atoms with Crippen LogP contribution in [0, 0.1) is 5.92 Å². The smallest absolute Gasteiger partial charge is 0.243 e. The fourth-order valence-corrected chi connectivity index (χ4v) is 5.45. The van der Waals surface area contributed by atoms with Gasteiger partial charge in [-0.05, 0) is 42.2 Å². The first kappa shape index (κ1) is 20.6. The van der Waals surface area contributed by atoms with Gasteiger partial charge in [0.1, 0.15) is 0 Å². The lowest BCUT2D eigenvalue weighted by Gasteiger charge is -2.31. The Morgan fingerprint density at radius 1 is 1.17 bits per heavy atom. The zero-order chi connectivity index (χ0) is 21.0. The molecule has 0 radical (unpaired) electrons. The Kier molecular flexibility index (Phi) is 6.15. The minimum atomic E-state index is -3.63. The predicted octanol–water partition coefficient (Wildman–Crippen LogP) is 2.64. The number of carbonyl (C=O) groups excluding carboxylic acids is 1. The molecule has 30 heavy (non-hydrogen) atoms. The van der Waals surface area contributed by atoms with Crippen molar-refractivity contribution in [1.29, 1.82) is 0 Å². The maximum Gasteiger partial charge on any atom is 0.243 e. The molecule has 7 nitrogen and oxygen atoms in total. The van der Waals surface area contributed by atoms with E-state index in [1.807, 2.05) is 41.1 Å². The van der Waals surface area contributed by atoms with Crippen LogP contribution in [0.25, 0.3) is 10.8 Å². The van der Waals surface area contributed by atoms with E-state index >= 15 is 0 Å². The van der Waals surface area contributed by atoms with Crippen LogP contribution in [0.5, 0.6) is 0 Å². The van der Waals surface area contributed by atoms with Crippen LogP contribution in [0.4, 0.5) is 0 Å². The standard InChI is InChI=1S/C22H26N4O3S/c27-22(24-10-4-12-25-14-11-23-17-25)20-7-3-13-26(16-20)30(28,29)21-9-8-18-5-1-2-6-19(18)15-21/h1-2,5-6,8-9,11,14-15,17,20H,3-4,7,10,12-13,16H2,(H,24,27)/t20-/m1/s1. The molecule has 1 fully saturated rings. The molecule has 1 aromatic heterocycles. The Morgan fingerprint density at radius 3 is 2.80 bits per heavy atom. The highest BCUT2D eigenvalue weighted by molar-refractivity contribution is 7.89. The van der Waals surface area contributed by atoms with E-state index in [0.717, 1.165) is 23.7 Å². The van der Waals surface area contributed by atoms with Gasteiger partial charge in [0.2, 0.25) is 15.9 Å². The number of carbonyl (C=O) groups is 1. The molecule has 3 aromatic rings. The molecule has 1 aliphatic rings. The van der Waals surface area contributed by atoms with E-state index in [1.165, 1.54) is 4.31 Å². The summed E-state index contributed by atoms with van der Waals surface area (Å²) < 4.78 is 29.8. The molecule has 4 rings (SSSR count). The maximum absolute atomic E-state index is 13.2. The van der Waals surface area contributed by atoms with Gasteiger partial charge in [0, 0.05) is 38.6 Å². The number of hydrogen-bond donors (Lipinski definition) is 1. The summed E-state index contributed by atoms with van der Waals surface area (Å²) in [5.41, 5.74) is 0. The second-order valence-corrected chi connectivity index (χ2v) is 9.59. The third kappa shape index (κ3) is 4.55. The molecule has 0 bridgehead atoms. The molecule has 158 valence electrons. The number of piperidine rings is 1. The van der Waals surface area contributed by atoms with Gasteiger partial charge in [0.05, 0.1) is 17.1 Å². The molecule has 1 atom stereocenters. The van der Waals surface area contributed by atoms with E-state index < -0.39 is 10.0 Å². The number of rotatable bonds is 7. The van der Waals surface area contributed by atoms with Crippen LogP contribution in [0.15, 0.2) is 66.1 Å². The van der Waals surface area contributed by atoms with Gasteiger partial charge in [0.15, 0.2) is 0 Å². The molecule has 0 unspecified atom stereocenters. The summed E-state index contributed by atoms with van der Waals surface area (Å²) in [7, 11) is -3.63. The van der Waals surface area contributed by atoms with Gasteiger partial charge >= 0.3 is 0 Å². The Balaban J connectivity index is 1.37. The average Bonchev–Trinajstić information content (AvgIpc) is 3.30. The van der Waals surface area contributed by atoms with E-state index in [0.29, 0.717) is 25.9 Å². The van der Waals surface area contributed by atoms with Crippen LogP contribution in [0.2, 0.25) is 0 Å². The number of amides is 1. The summed E-state index contributed by atoms with van der Waals surface area (Å²) in [6, 6.07) is 12.9. The van der Waals surface area contributed by atoms with Gasteiger partial charge in [-0.25, -0.2) is 13.4 Å². The third-order valence-electron chi connectivity index (χ3n) is 5.57. The first-order valence-electron chi connectivity index (χ1n) is 10.3. The molecule has 1 saturated heterocycles. The first-order valence-corrected chi connectivity index (χ1v) is 11.7. The second-order valence-electron chi connectivity index (χ2n) is 7.66. The highest BCUT2D eigenvalue weighted by Crippen LogP contribution is 2.26. The van der Waals surface area contributed by atoms with Crippen LogP contribution in [-0.2, 0) is 21.4 Å². The molecular formula is C22H26N4O3S. The topological polar surface area (TPSA) is 84.3 Å². The minimum absolute atomic E-state index is 0.0703. The number of benzene rings is 2. The molecule has 0 aliphatic carbocycles. The highest BCUT2D eigenvalue weighted by Gasteiger charge is 2.33. The lowest BCUT2D eigenvalue weighted by molar-refractivity contribution is -0.126. The molecule has 0 saturated carbocycles. The number of nitrogens with zero attached hydrogens (tertiary/aromatic N) is 3. The number of nitrogens with one attached hydrogen (secondary N) is 1. The fourth-order valence-electron chi connectivity index (χ4n) is 3.89. The minimum Gasteiger partial charge on any atom is -0.356 e. The van der Waals surface area contributed by atoms with Crippen molar-refractivity contribution in [2.75, 3.05) is 19.6 Å². The van der Waals surface area contributed by atoms with Gasteiger partial charge < -0.3 is 9.88 Å². The lowest BCUT2D eigenvalue weighted by Crippen LogP contribution is -2.45. The Hall–Kier alpha value is -2.71. The molecule has 2 heterocycles. The van der Waals surface area contributed by atoms with Crippen molar-refractivity contribution in [2.24, 2.45) is 5.92 Å². The van der Waals surface area contributed by atoms with Gasteiger partial charge in [0.25, 0.3) is 0 Å². The number of fused-ring (bicyclic) bond motifs is 1. The zero-order valence-corrected chi connectivity index (χ0v) is 17.6. The van der Waals surface area contributed by atoms with E-state index in [9.17, 15) is 13.2 Å². The molecule has 1 aliphatic heterocycles. The van der Waals surface area contributed by atoms with Crippen molar-refractivity contribution in [2.45, 2.75) is 30.7 Å². The summed E-state index contributed by atoms with van der Waals surface area (Å²) >= 11 is 0. The summed E-state index contributed by atoms with van der Waals surface area (Å²) in [6.45, 7) is 2.01. The highest BCUT2D eigenvalue weighted by atomic mass is 32.2. The molecular weight excluding hydrogens is 400 g/mol. The van der Waals surface area contributed by atoms with Crippen LogP contribution >= 0.6 is 0 Å². The van der Waals surface area contributed by atoms with Gasteiger partial charge in [-0.3, -0.25) is 4.79 Å².